The monoisotopic (exact) mass is 399 g/mol. The Morgan fingerprint density at radius 2 is 0.679 bits per heavy atom. The normalized spacial score (nSPS) is 13.7. The number of nitrogens with one attached hydrogen (secondary N) is 1. The Morgan fingerprint density at radius 1 is 0.429 bits per heavy atom. The molecule has 2 atom stereocenters. The van der Waals surface area contributed by atoms with Crippen LogP contribution < -0.4 is 5.32 Å². The van der Waals surface area contributed by atoms with E-state index in [-0.39, 0.29) is 0 Å². The molecule has 0 aromatic carbocycles. The molecule has 0 aliphatic carbocycles. The van der Waals surface area contributed by atoms with Gasteiger partial charge in [-0.2, -0.15) is 0 Å². The number of aliphatic hydroxyl groups is 2. The highest BCUT2D eigenvalue weighted by Gasteiger charge is 2.09. The number of unbranched alkanes of at least 4 members (excludes halogenated alkanes) is 17. The SMILES string of the molecule is CCCCCCCCCCCCCCCCCC(O)NC(O)CCCCCC. The first-order valence-corrected chi connectivity index (χ1v) is 12.8. The van der Waals surface area contributed by atoms with E-state index >= 15 is 0 Å². The van der Waals surface area contributed by atoms with Crippen molar-refractivity contribution in [2.45, 2.75) is 161 Å². The predicted molar refractivity (Wildman–Crippen MR) is 123 cm³/mol. The molecule has 3 nitrogen and oxygen atoms in total. The highest BCUT2D eigenvalue weighted by atomic mass is 16.3. The Kier molecular flexibility index (Phi) is 23.1. The van der Waals surface area contributed by atoms with E-state index < -0.39 is 12.5 Å². The molecule has 0 rings (SSSR count). The smallest absolute Gasteiger partial charge is 0.106 e. The van der Waals surface area contributed by atoms with Crippen LogP contribution in [-0.2, 0) is 0 Å². The van der Waals surface area contributed by atoms with Gasteiger partial charge in [-0.05, 0) is 25.7 Å². The van der Waals surface area contributed by atoms with Crippen molar-refractivity contribution in [3.8, 4) is 0 Å². The highest BCUT2D eigenvalue weighted by Crippen LogP contribution is 2.14. The lowest BCUT2D eigenvalue weighted by atomic mass is 10.0. The van der Waals surface area contributed by atoms with Crippen LogP contribution in [0.3, 0.4) is 0 Å². The zero-order valence-corrected chi connectivity index (χ0v) is 19.4. The number of aliphatic hydroxyl groups excluding tert-OH is 2. The van der Waals surface area contributed by atoms with Gasteiger partial charge in [0.1, 0.15) is 12.5 Å². The quantitative estimate of drug-likeness (QED) is 0.123. The van der Waals surface area contributed by atoms with Crippen LogP contribution in [0.5, 0.6) is 0 Å². The molecule has 0 aliphatic heterocycles. The van der Waals surface area contributed by atoms with Gasteiger partial charge in [-0.3, -0.25) is 5.32 Å². The van der Waals surface area contributed by atoms with Crippen molar-refractivity contribution in [3.05, 3.63) is 0 Å². The van der Waals surface area contributed by atoms with Crippen LogP contribution in [-0.4, -0.2) is 22.7 Å². The van der Waals surface area contributed by atoms with Gasteiger partial charge in [-0.1, -0.05) is 123 Å². The topological polar surface area (TPSA) is 52.5 Å². The predicted octanol–water partition coefficient (Wildman–Crippen LogP) is 7.44. The van der Waals surface area contributed by atoms with Gasteiger partial charge in [0.2, 0.25) is 0 Å². The molecule has 2 unspecified atom stereocenters. The van der Waals surface area contributed by atoms with Crippen LogP contribution in [0.1, 0.15) is 149 Å². The van der Waals surface area contributed by atoms with Gasteiger partial charge in [-0.25, -0.2) is 0 Å². The number of hydrogen-bond donors (Lipinski definition) is 3. The summed E-state index contributed by atoms with van der Waals surface area (Å²) in [4.78, 5) is 0. The Labute approximate surface area is 177 Å². The molecule has 28 heavy (non-hydrogen) atoms. The molecule has 0 radical (unpaired) electrons. The average Bonchev–Trinajstić information content (AvgIpc) is 2.68. The summed E-state index contributed by atoms with van der Waals surface area (Å²) in [7, 11) is 0. The van der Waals surface area contributed by atoms with Crippen molar-refractivity contribution >= 4 is 0 Å². The molecule has 0 aromatic rings. The van der Waals surface area contributed by atoms with E-state index in [4.69, 9.17) is 0 Å². The van der Waals surface area contributed by atoms with E-state index in [1.54, 1.807) is 0 Å². The lowest BCUT2D eigenvalue weighted by molar-refractivity contribution is 0.0310. The van der Waals surface area contributed by atoms with Crippen LogP contribution in [0.2, 0.25) is 0 Å². The Hall–Kier alpha value is -0.120. The van der Waals surface area contributed by atoms with Gasteiger partial charge < -0.3 is 10.2 Å². The average molecular weight is 400 g/mol. The largest absolute Gasteiger partial charge is 0.379 e. The summed E-state index contributed by atoms with van der Waals surface area (Å²) in [5.74, 6) is 0. The molecule has 3 heteroatoms. The molecular weight excluding hydrogens is 346 g/mol. The van der Waals surface area contributed by atoms with E-state index in [0.29, 0.717) is 0 Å². The first-order valence-electron chi connectivity index (χ1n) is 12.8. The van der Waals surface area contributed by atoms with Crippen LogP contribution in [0.4, 0.5) is 0 Å². The third-order valence-electron chi connectivity index (χ3n) is 5.80. The van der Waals surface area contributed by atoms with Gasteiger partial charge in [-0.15, -0.1) is 0 Å². The van der Waals surface area contributed by atoms with Crippen molar-refractivity contribution in [1.29, 1.82) is 0 Å². The molecule has 0 fully saturated rings. The second-order valence-corrected chi connectivity index (χ2v) is 8.79. The summed E-state index contributed by atoms with van der Waals surface area (Å²) in [5, 5.41) is 22.7. The molecule has 0 bridgehead atoms. The molecule has 0 saturated heterocycles. The van der Waals surface area contributed by atoms with Crippen LogP contribution >= 0.6 is 0 Å². The summed E-state index contributed by atoms with van der Waals surface area (Å²) < 4.78 is 0. The Balaban J connectivity index is 3.21. The minimum atomic E-state index is -0.553. The minimum absolute atomic E-state index is 0.553. The minimum Gasteiger partial charge on any atom is -0.379 e. The molecule has 0 saturated carbocycles. The van der Waals surface area contributed by atoms with Gasteiger partial charge in [0.25, 0.3) is 0 Å². The second-order valence-electron chi connectivity index (χ2n) is 8.79. The first kappa shape index (κ1) is 27.9. The lowest BCUT2D eigenvalue weighted by Gasteiger charge is -2.18. The third kappa shape index (κ3) is 22.2. The van der Waals surface area contributed by atoms with Crippen molar-refractivity contribution in [3.63, 3.8) is 0 Å². The fourth-order valence-corrected chi connectivity index (χ4v) is 3.86. The fourth-order valence-electron chi connectivity index (χ4n) is 3.86. The van der Waals surface area contributed by atoms with E-state index in [2.05, 4.69) is 19.2 Å². The van der Waals surface area contributed by atoms with E-state index in [1.165, 1.54) is 109 Å². The van der Waals surface area contributed by atoms with Crippen LogP contribution in [0.15, 0.2) is 0 Å². The number of rotatable bonds is 23. The first-order chi connectivity index (χ1) is 13.7. The molecule has 170 valence electrons. The summed E-state index contributed by atoms with van der Waals surface area (Å²) in [6.07, 6.45) is 25.4. The lowest BCUT2D eigenvalue weighted by Crippen LogP contribution is -2.38. The van der Waals surface area contributed by atoms with E-state index in [0.717, 1.165) is 25.7 Å². The zero-order chi connectivity index (χ0) is 20.7. The molecule has 3 N–H and O–H groups in total. The van der Waals surface area contributed by atoms with Crippen LogP contribution in [0.25, 0.3) is 0 Å². The highest BCUT2D eigenvalue weighted by molar-refractivity contribution is 4.59. The summed E-state index contributed by atoms with van der Waals surface area (Å²) in [6, 6.07) is 0. The van der Waals surface area contributed by atoms with E-state index in [9.17, 15) is 10.2 Å². The molecule has 0 amide bonds. The van der Waals surface area contributed by atoms with Crippen molar-refractivity contribution in [2.24, 2.45) is 0 Å². The molecule has 0 aromatic heterocycles. The number of hydrogen-bond acceptors (Lipinski definition) is 3. The Morgan fingerprint density at radius 3 is 1.00 bits per heavy atom. The molecule has 0 spiro atoms. The maximum Gasteiger partial charge on any atom is 0.106 e. The van der Waals surface area contributed by atoms with Gasteiger partial charge in [0, 0.05) is 0 Å². The standard InChI is InChI=1S/C25H53NO2/c1-3-5-7-9-10-11-12-13-14-15-16-17-18-19-21-23-25(28)26-24(27)22-20-8-6-4-2/h24-28H,3-23H2,1-2H3. The third-order valence-corrected chi connectivity index (χ3v) is 5.80. The Bertz CT molecular complexity index is 286. The van der Waals surface area contributed by atoms with Gasteiger partial charge >= 0.3 is 0 Å². The van der Waals surface area contributed by atoms with Crippen molar-refractivity contribution < 1.29 is 10.2 Å². The fraction of sp³-hybridized carbons (Fsp3) is 1.00. The van der Waals surface area contributed by atoms with Crippen molar-refractivity contribution in [1.82, 2.24) is 5.32 Å². The molecular formula is C25H53NO2. The van der Waals surface area contributed by atoms with Gasteiger partial charge in [0.05, 0.1) is 0 Å². The summed E-state index contributed by atoms with van der Waals surface area (Å²) in [5.41, 5.74) is 0. The maximum absolute atomic E-state index is 9.96. The van der Waals surface area contributed by atoms with Gasteiger partial charge in [0.15, 0.2) is 0 Å². The van der Waals surface area contributed by atoms with Crippen LogP contribution in [0, 0.1) is 0 Å². The molecule has 0 heterocycles. The summed E-state index contributed by atoms with van der Waals surface area (Å²) in [6.45, 7) is 4.47. The molecule has 0 aliphatic rings. The maximum atomic E-state index is 9.96. The van der Waals surface area contributed by atoms with E-state index in [1.807, 2.05) is 0 Å². The zero-order valence-electron chi connectivity index (χ0n) is 19.4. The van der Waals surface area contributed by atoms with Crippen molar-refractivity contribution in [2.75, 3.05) is 0 Å². The second kappa shape index (κ2) is 23.2. The summed E-state index contributed by atoms with van der Waals surface area (Å²) >= 11 is 0.